The number of carbonyl (C=O) groups excluding carboxylic acids is 1. The normalized spacial score (nSPS) is 10.6. The molecule has 0 radical (unpaired) electrons. The van der Waals surface area contributed by atoms with Crippen molar-refractivity contribution in [2.45, 2.75) is 18.3 Å². The van der Waals surface area contributed by atoms with Crippen LogP contribution in [0.4, 0.5) is 24.7 Å². The molecule has 0 aliphatic carbocycles. The molecule has 1 amide bonds. The van der Waals surface area contributed by atoms with Crippen LogP contribution >= 0.6 is 11.8 Å². The molecule has 0 aliphatic rings. The Morgan fingerprint density at radius 1 is 1.25 bits per heavy atom. The molecule has 2 rings (SSSR count). The third-order valence-electron chi connectivity index (χ3n) is 3.38. The molecule has 3 N–H and O–H groups in total. The van der Waals surface area contributed by atoms with Gasteiger partial charge in [-0.05, 0) is 36.8 Å². The number of ether oxygens (including phenoxy) is 1. The maximum absolute atomic E-state index is 12.1. The fourth-order valence-corrected chi connectivity index (χ4v) is 2.99. The lowest BCUT2D eigenvalue weighted by molar-refractivity contribution is -0.274. The van der Waals surface area contributed by atoms with Crippen molar-refractivity contribution in [2.24, 2.45) is 0 Å². The molecule has 28 heavy (non-hydrogen) atoms. The number of hydrogen-bond acceptors (Lipinski definition) is 7. The lowest BCUT2D eigenvalue weighted by Gasteiger charge is -2.11. The van der Waals surface area contributed by atoms with Crippen LogP contribution in [0.1, 0.15) is 16.7 Å². The summed E-state index contributed by atoms with van der Waals surface area (Å²) in [5.41, 5.74) is 6.59. The summed E-state index contributed by atoms with van der Waals surface area (Å²) in [5, 5.41) is 21.0. The predicted octanol–water partition coefficient (Wildman–Crippen LogP) is 3.34. The summed E-state index contributed by atoms with van der Waals surface area (Å²) in [6.07, 6.45) is -4.80. The maximum atomic E-state index is 12.1. The number of carbonyl (C=O) groups is 1. The largest absolute Gasteiger partial charge is 0.573 e. The highest BCUT2D eigenvalue weighted by molar-refractivity contribution is 8.00. The van der Waals surface area contributed by atoms with Gasteiger partial charge >= 0.3 is 6.36 Å². The zero-order chi connectivity index (χ0) is 20.9. The number of nitrogens with zero attached hydrogens (tertiary/aromatic N) is 3. The average molecular weight is 407 g/mol. The van der Waals surface area contributed by atoms with E-state index >= 15 is 0 Å². The van der Waals surface area contributed by atoms with Crippen molar-refractivity contribution in [1.82, 2.24) is 4.98 Å². The van der Waals surface area contributed by atoms with E-state index in [9.17, 15) is 23.2 Å². The molecular formula is C17H12F3N5O2S. The number of alkyl halides is 3. The number of aromatic nitrogens is 1. The van der Waals surface area contributed by atoms with Crippen LogP contribution in [0.25, 0.3) is 0 Å². The number of hydrogen-bond donors (Lipinski definition) is 2. The maximum Gasteiger partial charge on any atom is 0.573 e. The molecule has 0 bridgehead atoms. The first-order chi connectivity index (χ1) is 13.1. The van der Waals surface area contributed by atoms with Crippen LogP contribution in [0.5, 0.6) is 5.75 Å². The van der Waals surface area contributed by atoms with E-state index in [1.165, 1.54) is 12.1 Å². The number of halogens is 3. The summed E-state index contributed by atoms with van der Waals surface area (Å²) < 4.78 is 40.1. The Kier molecular flexibility index (Phi) is 6.33. The van der Waals surface area contributed by atoms with Gasteiger partial charge in [0, 0.05) is 5.69 Å². The number of pyridine rings is 1. The number of thioether (sulfide) groups is 1. The zero-order valence-electron chi connectivity index (χ0n) is 14.3. The molecule has 0 atom stereocenters. The van der Waals surface area contributed by atoms with Gasteiger partial charge in [-0.25, -0.2) is 4.98 Å². The lowest BCUT2D eigenvalue weighted by atomic mass is 10.1. The highest BCUT2D eigenvalue weighted by atomic mass is 32.2. The van der Waals surface area contributed by atoms with E-state index < -0.39 is 18.0 Å². The molecule has 0 aliphatic heterocycles. The second-order valence-corrected chi connectivity index (χ2v) is 6.27. The minimum atomic E-state index is -4.80. The van der Waals surface area contributed by atoms with E-state index in [1.807, 2.05) is 12.1 Å². The fraction of sp³-hybridized carbons (Fsp3) is 0.176. The Morgan fingerprint density at radius 2 is 1.86 bits per heavy atom. The molecule has 0 saturated heterocycles. The molecule has 0 fully saturated rings. The molecule has 0 saturated carbocycles. The number of nitriles is 2. The topological polar surface area (TPSA) is 125 Å². The minimum Gasteiger partial charge on any atom is -0.406 e. The molecule has 1 heterocycles. The van der Waals surface area contributed by atoms with Gasteiger partial charge < -0.3 is 15.8 Å². The van der Waals surface area contributed by atoms with E-state index in [1.54, 1.807) is 6.92 Å². The molecule has 0 unspecified atom stereocenters. The first-order valence-electron chi connectivity index (χ1n) is 7.53. The Bertz CT molecular complexity index is 979. The standard InChI is InChI=1S/C17H12F3N5O2S/c1-9-12(6-21)15(23)25-16(13(9)7-22)28-8-14(26)24-10-2-4-11(5-3-10)27-17(18,19)20/h2-5H,8H2,1H3,(H2,23,25)(H,24,26). The number of benzene rings is 1. The van der Waals surface area contributed by atoms with Crippen molar-refractivity contribution in [3.05, 3.63) is 41.0 Å². The van der Waals surface area contributed by atoms with E-state index in [-0.39, 0.29) is 33.4 Å². The van der Waals surface area contributed by atoms with E-state index in [0.717, 1.165) is 23.9 Å². The first-order valence-corrected chi connectivity index (χ1v) is 8.52. The van der Waals surface area contributed by atoms with Gasteiger partial charge in [0.15, 0.2) is 0 Å². The van der Waals surface area contributed by atoms with Crippen molar-refractivity contribution in [3.8, 4) is 17.9 Å². The van der Waals surface area contributed by atoms with Crippen LogP contribution in [-0.4, -0.2) is 23.0 Å². The smallest absolute Gasteiger partial charge is 0.406 e. The summed E-state index contributed by atoms with van der Waals surface area (Å²) in [6.45, 7) is 1.56. The molecule has 11 heteroatoms. The first kappa shape index (κ1) is 20.9. The number of nitrogen functional groups attached to an aromatic ring is 1. The number of anilines is 2. The van der Waals surface area contributed by atoms with Gasteiger partial charge in [-0.15, -0.1) is 13.2 Å². The van der Waals surface area contributed by atoms with E-state index in [4.69, 9.17) is 11.0 Å². The monoisotopic (exact) mass is 407 g/mol. The minimum absolute atomic E-state index is 0.0397. The Labute approximate surface area is 161 Å². The van der Waals surface area contributed by atoms with Crippen LogP contribution in [0.3, 0.4) is 0 Å². The van der Waals surface area contributed by atoms with Gasteiger partial charge in [0.1, 0.15) is 28.7 Å². The van der Waals surface area contributed by atoms with Crippen molar-refractivity contribution < 1.29 is 22.7 Å². The van der Waals surface area contributed by atoms with Crippen molar-refractivity contribution >= 4 is 29.2 Å². The van der Waals surface area contributed by atoms with E-state index in [2.05, 4.69) is 15.0 Å². The quantitative estimate of drug-likeness (QED) is 0.728. The Morgan fingerprint density at radius 3 is 2.39 bits per heavy atom. The lowest BCUT2D eigenvalue weighted by Crippen LogP contribution is -2.17. The Balaban J connectivity index is 2.04. The van der Waals surface area contributed by atoms with Gasteiger partial charge in [-0.1, -0.05) is 11.8 Å². The average Bonchev–Trinajstić information content (AvgIpc) is 2.60. The summed E-state index contributed by atoms with van der Waals surface area (Å²) in [7, 11) is 0. The molecule has 2 aromatic rings. The number of nitrogens with two attached hydrogens (primary N) is 1. The van der Waals surface area contributed by atoms with Crippen LogP contribution in [0, 0.1) is 29.6 Å². The third kappa shape index (κ3) is 5.28. The highest BCUT2D eigenvalue weighted by Gasteiger charge is 2.31. The number of rotatable bonds is 5. The molecule has 0 spiro atoms. The van der Waals surface area contributed by atoms with Gasteiger partial charge in [-0.3, -0.25) is 4.79 Å². The van der Waals surface area contributed by atoms with Crippen LogP contribution < -0.4 is 15.8 Å². The van der Waals surface area contributed by atoms with Crippen molar-refractivity contribution in [3.63, 3.8) is 0 Å². The summed E-state index contributed by atoms with van der Waals surface area (Å²) >= 11 is 0.949. The van der Waals surface area contributed by atoms with Gasteiger partial charge in [-0.2, -0.15) is 10.5 Å². The third-order valence-corrected chi connectivity index (χ3v) is 4.35. The Hall–Kier alpha value is -3.44. The summed E-state index contributed by atoms with van der Waals surface area (Å²) in [4.78, 5) is 16.0. The summed E-state index contributed by atoms with van der Waals surface area (Å²) in [5.74, 6) is -1.05. The van der Waals surface area contributed by atoms with Gasteiger partial charge in [0.05, 0.1) is 16.9 Å². The van der Waals surface area contributed by atoms with Gasteiger partial charge in [0.2, 0.25) is 5.91 Å². The number of nitrogens with one attached hydrogen (secondary N) is 1. The molecule has 1 aromatic heterocycles. The second kappa shape index (κ2) is 8.50. The molecular weight excluding hydrogens is 395 g/mol. The number of amides is 1. The van der Waals surface area contributed by atoms with Gasteiger partial charge in [0.25, 0.3) is 0 Å². The molecule has 144 valence electrons. The van der Waals surface area contributed by atoms with Crippen LogP contribution in [0.2, 0.25) is 0 Å². The zero-order valence-corrected chi connectivity index (χ0v) is 15.1. The second-order valence-electron chi connectivity index (χ2n) is 5.31. The van der Waals surface area contributed by atoms with Crippen LogP contribution in [-0.2, 0) is 4.79 Å². The molecule has 7 nitrogen and oxygen atoms in total. The van der Waals surface area contributed by atoms with Crippen molar-refractivity contribution in [1.29, 1.82) is 10.5 Å². The molecule has 1 aromatic carbocycles. The van der Waals surface area contributed by atoms with Crippen molar-refractivity contribution in [2.75, 3.05) is 16.8 Å². The van der Waals surface area contributed by atoms with Crippen LogP contribution in [0.15, 0.2) is 29.3 Å². The fourth-order valence-electron chi connectivity index (χ4n) is 2.15. The van der Waals surface area contributed by atoms with E-state index in [0.29, 0.717) is 5.56 Å². The predicted molar refractivity (Wildman–Crippen MR) is 95.3 cm³/mol. The highest BCUT2D eigenvalue weighted by Crippen LogP contribution is 2.28. The SMILES string of the molecule is Cc1c(C#N)c(N)nc(SCC(=O)Nc2ccc(OC(F)(F)F)cc2)c1C#N. The summed E-state index contributed by atoms with van der Waals surface area (Å²) in [6, 6.07) is 8.45.